The number of amides is 1. The molecule has 1 N–H and O–H groups in total. The molecule has 1 amide bonds. The minimum absolute atomic E-state index is 0.0264. The highest BCUT2D eigenvalue weighted by molar-refractivity contribution is 7.99. The number of hydrogen-bond acceptors (Lipinski definition) is 5. The van der Waals surface area contributed by atoms with Gasteiger partial charge in [-0.2, -0.15) is 11.8 Å². The van der Waals surface area contributed by atoms with E-state index >= 15 is 0 Å². The first kappa shape index (κ1) is 24.7. The Morgan fingerprint density at radius 2 is 1.72 bits per heavy atom. The van der Waals surface area contributed by atoms with Crippen molar-refractivity contribution in [1.82, 2.24) is 19.4 Å². The summed E-state index contributed by atoms with van der Waals surface area (Å²) in [4.78, 5) is 44.2. The van der Waals surface area contributed by atoms with Gasteiger partial charge in [-0.25, -0.2) is 14.2 Å². The Morgan fingerprint density at radius 3 is 2.44 bits per heavy atom. The number of aryl methyl sites for hydroxylation is 1. The van der Waals surface area contributed by atoms with Crippen LogP contribution in [0.4, 0.5) is 4.39 Å². The number of benzene rings is 1. The second kappa shape index (κ2) is 10.2. The number of thioether (sulfide) groups is 1. The average molecular weight is 511 g/mol. The Kier molecular flexibility index (Phi) is 7.01. The number of hydrogen-bond donors (Lipinski definition) is 1. The summed E-state index contributed by atoms with van der Waals surface area (Å²) in [6.07, 6.45) is 5.19. The highest BCUT2D eigenvalue weighted by Crippen LogP contribution is 2.30. The lowest BCUT2D eigenvalue weighted by atomic mass is 9.90. The Hall–Kier alpha value is -2.94. The fourth-order valence-electron chi connectivity index (χ4n) is 5.54. The fourth-order valence-corrected chi connectivity index (χ4v) is 6.62. The van der Waals surface area contributed by atoms with Crippen molar-refractivity contribution >= 4 is 28.7 Å². The predicted molar refractivity (Wildman–Crippen MR) is 140 cm³/mol. The Labute approximate surface area is 213 Å². The summed E-state index contributed by atoms with van der Waals surface area (Å²) in [7, 11) is 0. The van der Waals surface area contributed by atoms with E-state index in [1.54, 1.807) is 4.57 Å². The van der Waals surface area contributed by atoms with Gasteiger partial charge in [0.15, 0.2) is 0 Å². The van der Waals surface area contributed by atoms with E-state index in [1.807, 2.05) is 43.8 Å². The smallest absolute Gasteiger partial charge is 0.333 e. The van der Waals surface area contributed by atoms with Gasteiger partial charge < -0.3 is 5.32 Å². The number of nitrogens with zero attached hydrogens (tertiary/aromatic N) is 3. The number of halogens is 1. The third-order valence-electron chi connectivity index (χ3n) is 7.73. The molecule has 36 heavy (non-hydrogen) atoms. The van der Waals surface area contributed by atoms with Gasteiger partial charge in [0.25, 0.3) is 11.5 Å². The highest BCUT2D eigenvalue weighted by atomic mass is 32.2. The molecule has 2 aliphatic rings. The number of pyridine rings is 1. The van der Waals surface area contributed by atoms with E-state index in [2.05, 4.69) is 10.3 Å². The summed E-state index contributed by atoms with van der Waals surface area (Å²) in [6.45, 7) is 3.93. The van der Waals surface area contributed by atoms with Crippen molar-refractivity contribution in [1.29, 1.82) is 0 Å². The van der Waals surface area contributed by atoms with Gasteiger partial charge in [0.1, 0.15) is 11.5 Å². The molecule has 3 heterocycles. The first-order valence-electron chi connectivity index (χ1n) is 12.6. The number of rotatable bonds is 4. The molecule has 7 nitrogen and oxygen atoms in total. The van der Waals surface area contributed by atoms with Crippen LogP contribution in [0.2, 0.25) is 0 Å². The second-order valence-electron chi connectivity index (χ2n) is 9.92. The second-order valence-corrected chi connectivity index (χ2v) is 11.1. The highest BCUT2D eigenvalue weighted by Gasteiger charge is 2.30. The molecule has 190 valence electrons. The third-order valence-corrected chi connectivity index (χ3v) is 8.77. The monoisotopic (exact) mass is 510 g/mol. The molecule has 0 bridgehead atoms. The first-order valence-corrected chi connectivity index (χ1v) is 13.8. The fraction of sp³-hybridized carbons (Fsp3) is 0.481. The largest absolute Gasteiger partial charge is 0.349 e. The van der Waals surface area contributed by atoms with Crippen molar-refractivity contribution in [3.05, 3.63) is 73.8 Å². The summed E-state index contributed by atoms with van der Waals surface area (Å²) >= 11 is 1.85. The van der Waals surface area contributed by atoms with Gasteiger partial charge in [-0.05, 0) is 87.1 Å². The van der Waals surface area contributed by atoms with Crippen LogP contribution in [0.25, 0.3) is 11.0 Å². The maximum absolute atomic E-state index is 14.1. The van der Waals surface area contributed by atoms with Crippen molar-refractivity contribution in [2.24, 2.45) is 0 Å². The van der Waals surface area contributed by atoms with Crippen molar-refractivity contribution in [3.8, 4) is 0 Å². The molecule has 0 atom stereocenters. The molecule has 5 rings (SSSR count). The summed E-state index contributed by atoms with van der Waals surface area (Å²) in [5.74, 6) is 1.18. The molecule has 1 aliphatic heterocycles. The molecule has 9 heteroatoms. The molecular weight excluding hydrogens is 479 g/mol. The SMILES string of the molecule is Cc1cccc(C(=O)NC2CCC(n3c(=O)c4cc(F)cnc4n(C4CCSCC4)c3=O)CC2)c1C. The molecule has 1 aliphatic carbocycles. The van der Waals surface area contributed by atoms with Gasteiger partial charge in [-0.3, -0.25) is 18.7 Å². The first-order chi connectivity index (χ1) is 17.3. The molecule has 1 saturated carbocycles. The van der Waals surface area contributed by atoms with Gasteiger partial charge in [0, 0.05) is 23.7 Å². The average Bonchev–Trinajstić information content (AvgIpc) is 2.88. The van der Waals surface area contributed by atoms with Gasteiger partial charge in [0.2, 0.25) is 0 Å². The summed E-state index contributed by atoms with van der Waals surface area (Å²) in [5.41, 5.74) is 2.15. The van der Waals surface area contributed by atoms with Crippen molar-refractivity contribution < 1.29 is 9.18 Å². The van der Waals surface area contributed by atoms with Crippen LogP contribution in [0.15, 0.2) is 40.1 Å². The van der Waals surface area contributed by atoms with Crippen LogP contribution in [-0.4, -0.2) is 37.6 Å². The number of carbonyl (C=O) groups excluding carboxylic acids is 1. The molecule has 1 aromatic carbocycles. The zero-order valence-corrected chi connectivity index (χ0v) is 21.4. The van der Waals surface area contributed by atoms with Gasteiger partial charge in [0.05, 0.1) is 11.6 Å². The van der Waals surface area contributed by atoms with Crippen LogP contribution in [0.3, 0.4) is 0 Å². The normalized spacial score (nSPS) is 21.0. The van der Waals surface area contributed by atoms with E-state index in [0.29, 0.717) is 31.2 Å². The lowest BCUT2D eigenvalue weighted by molar-refractivity contribution is 0.0921. The number of fused-ring (bicyclic) bond motifs is 1. The maximum Gasteiger partial charge on any atom is 0.333 e. The molecular formula is C27H31FN4O3S. The minimum Gasteiger partial charge on any atom is -0.349 e. The molecule has 0 unspecified atom stereocenters. The number of nitrogens with one attached hydrogen (secondary N) is 1. The lowest BCUT2D eigenvalue weighted by Crippen LogP contribution is -2.46. The van der Waals surface area contributed by atoms with Crippen molar-refractivity contribution in [2.45, 2.75) is 70.5 Å². The molecule has 2 fully saturated rings. The maximum atomic E-state index is 14.1. The minimum atomic E-state index is -0.589. The standard InChI is InChI=1S/C27H31FN4O3S/c1-16-4-3-5-22(17(16)2)25(33)30-19-6-8-20(9-7-19)32-26(34)23-14-18(28)15-29-24(23)31(27(32)35)21-10-12-36-13-11-21/h3-5,14-15,19-21H,6-13H2,1-2H3,(H,30,33). The van der Waals surface area contributed by atoms with E-state index in [4.69, 9.17) is 0 Å². The quantitative estimate of drug-likeness (QED) is 0.566. The Bertz CT molecular complexity index is 1420. The molecule has 0 spiro atoms. The number of aromatic nitrogens is 3. The van der Waals surface area contributed by atoms with Crippen LogP contribution >= 0.6 is 11.8 Å². The van der Waals surface area contributed by atoms with E-state index < -0.39 is 11.4 Å². The zero-order valence-electron chi connectivity index (χ0n) is 20.6. The van der Waals surface area contributed by atoms with Crippen LogP contribution in [-0.2, 0) is 0 Å². The summed E-state index contributed by atoms with van der Waals surface area (Å²) in [5, 5.41) is 3.28. The zero-order chi connectivity index (χ0) is 25.4. The van der Waals surface area contributed by atoms with Crippen LogP contribution < -0.4 is 16.6 Å². The van der Waals surface area contributed by atoms with Crippen LogP contribution in [0, 0.1) is 19.7 Å². The van der Waals surface area contributed by atoms with Gasteiger partial charge in [-0.1, -0.05) is 12.1 Å². The molecule has 3 aromatic rings. The van der Waals surface area contributed by atoms with Crippen LogP contribution in [0.1, 0.15) is 72.1 Å². The number of carbonyl (C=O) groups is 1. The van der Waals surface area contributed by atoms with Gasteiger partial charge in [-0.15, -0.1) is 0 Å². The molecule has 1 saturated heterocycles. The summed E-state index contributed by atoms with van der Waals surface area (Å²) < 4.78 is 17.0. The third kappa shape index (κ3) is 4.61. The van der Waals surface area contributed by atoms with Crippen molar-refractivity contribution in [3.63, 3.8) is 0 Å². The van der Waals surface area contributed by atoms with E-state index in [9.17, 15) is 18.8 Å². The van der Waals surface area contributed by atoms with Crippen molar-refractivity contribution in [2.75, 3.05) is 11.5 Å². The van der Waals surface area contributed by atoms with E-state index in [1.165, 1.54) is 10.6 Å². The predicted octanol–water partition coefficient (Wildman–Crippen LogP) is 4.30. The van der Waals surface area contributed by atoms with E-state index in [-0.39, 0.29) is 40.8 Å². The molecule has 0 radical (unpaired) electrons. The van der Waals surface area contributed by atoms with Crippen LogP contribution in [0.5, 0.6) is 0 Å². The Morgan fingerprint density at radius 1 is 1.03 bits per heavy atom. The summed E-state index contributed by atoms with van der Waals surface area (Å²) in [6, 6.07) is 6.52. The van der Waals surface area contributed by atoms with Gasteiger partial charge >= 0.3 is 5.69 Å². The molecule has 2 aromatic heterocycles. The Balaban J connectivity index is 1.41. The topological polar surface area (TPSA) is 86.0 Å². The lowest BCUT2D eigenvalue weighted by Gasteiger charge is -2.31. The van der Waals surface area contributed by atoms with E-state index in [0.717, 1.165) is 41.7 Å².